The van der Waals surface area contributed by atoms with Gasteiger partial charge in [0.25, 0.3) is 5.56 Å². The number of rotatable bonds is 6. The number of benzene rings is 1. The molecule has 156 valence electrons. The first-order valence-corrected chi connectivity index (χ1v) is 9.56. The largest absolute Gasteiger partial charge is 0.545 e. The molecule has 1 aromatic carbocycles. The number of morpholine rings is 1. The Balaban J connectivity index is 1.99. The summed E-state index contributed by atoms with van der Waals surface area (Å²) in [6, 6.07) is 7.93. The van der Waals surface area contributed by atoms with Crippen LogP contribution in [0.25, 0.3) is 0 Å². The van der Waals surface area contributed by atoms with E-state index in [-0.39, 0.29) is 40.4 Å². The molecule has 1 aliphatic rings. The van der Waals surface area contributed by atoms with Crippen LogP contribution in [0.4, 0.5) is 5.69 Å². The highest BCUT2D eigenvalue weighted by Gasteiger charge is 2.20. The predicted molar refractivity (Wildman–Crippen MR) is 106 cm³/mol. The van der Waals surface area contributed by atoms with Gasteiger partial charge in [-0.15, -0.1) is 0 Å². The van der Waals surface area contributed by atoms with Crippen molar-refractivity contribution in [3.05, 3.63) is 56.9 Å². The van der Waals surface area contributed by atoms with Crippen molar-refractivity contribution in [2.24, 2.45) is 4.99 Å². The molecule has 2 heterocycles. The van der Waals surface area contributed by atoms with Crippen LogP contribution in [0, 0.1) is 18.3 Å². The van der Waals surface area contributed by atoms with Gasteiger partial charge in [-0.3, -0.25) is 14.4 Å². The molecule has 0 bridgehead atoms. The zero-order chi connectivity index (χ0) is 21.7. The minimum Gasteiger partial charge on any atom is -0.545 e. The maximum absolute atomic E-state index is 12.7. The molecule has 0 amide bonds. The van der Waals surface area contributed by atoms with Crippen molar-refractivity contribution in [3.63, 3.8) is 0 Å². The number of ether oxygens (including phenoxy) is 1. The highest BCUT2D eigenvalue weighted by molar-refractivity contribution is 5.94. The summed E-state index contributed by atoms with van der Waals surface area (Å²) in [6.45, 7) is 5.26. The first kappa shape index (κ1) is 21.2. The van der Waals surface area contributed by atoms with Gasteiger partial charge in [0, 0.05) is 11.8 Å². The molecule has 9 heteroatoms. The van der Waals surface area contributed by atoms with Gasteiger partial charge >= 0.3 is 0 Å². The second kappa shape index (κ2) is 9.35. The molecule has 0 saturated carbocycles. The van der Waals surface area contributed by atoms with Crippen LogP contribution in [-0.2, 0) is 11.3 Å². The van der Waals surface area contributed by atoms with E-state index in [1.165, 1.54) is 27.8 Å². The number of pyridine rings is 1. The third kappa shape index (κ3) is 4.40. The molecule has 30 heavy (non-hydrogen) atoms. The quantitative estimate of drug-likeness (QED) is 0.573. The van der Waals surface area contributed by atoms with Gasteiger partial charge in [0.1, 0.15) is 24.7 Å². The van der Waals surface area contributed by atoms with Gasteiger partial charge in [0.15, 0.2) is 0 Å². The number of aromatic hydroxyl groups is 1. The molecular weight excluding hydrogens is 388 g/mol. The molecule has 2 N–H and O–H groups in total. The van der Waals surface area contributed by atoms with Crippen molar-refractivity contribution >= 4 is 17.9 Å². The number of aromatic nitrogens is 1. The fourth-order valence-corrected chi connectivity index (χ4v) is 3.41. The fourth-order valence-electron chi connectivity index (χ4n) is 3.41. The van der Waals surface area contributed by atoms with E-state index >= 15 is 0 Å². The van der Waals surface area contributed by atoms with Gasteiger partial charge in [0.05, 0.1) is 43.5 Å². The molecule has 1 saturated heterocycles. The molecule has 0 radical (unpaired) electrons. The number of carboxylic acid groups (broad SMARTS) is 1. The second-order valence-electron chi connectivity index (χ2n) is 6.98. The Hall–Kier alpha value is -3.48. The van der Waals surface area contributed by atoms with Crippen molar-refractivity contribution < 1.29 is 24.6 Å². The first-order valence-electron chi connectivity index (χ1n) is 9.56. The van der Waals surface area contributed by atoms with E-state index in [1.807, 2.05) is 6.07 Å². The summed E-state index contributed by atoms with van der Waals surface area (Å²) in [5.74, 6) is -1.68. The van der Waals surface area contributed by atoms with Crippen LogP contribution < -0.4 is 15.6 Å². The minimum atomic E-state index is -1.38. The lowest BCUT2D eigenvalue weighted by molar-refractivity contribution is -0.908. The number of carbonyl (C=O) groups excluding carboxylic acids is 1. The average molecular weight is 410 g/mol. The van der Waals surface area contributed by atoms with Crippen LogP contribution in [-0.4, -0.2) is 54.7 Å². The van der Waals surface area contributed by atoms with Crippen molar-refractivity contribution in [3.8, 4) is 11.9 Å². The Morgan fingerprint density at radius 1 is 1.40 bits per heavy atom. The number of aliphatic imine (C=N–C) groups is 1. The lowest BCUT2D eigenvalue weighted by Crippen LogP contribution is -3.14. The van der Waals surface area contributed by atoms with Gasteiger partial charge < -0.3 is 24.6 Å². The molecular formula is C21H22N4O5. The van der Waals surface area contributed by atoms with Crippen LogP contribution in [0.2, 0.25) is 0 Å². The Morgan fingerprint density at radius 3 is 2.77 bits per heavy atom. The highest BCUT2D eigenvalue weighted by atomic mass is 16.5. The van der Waals surface area contributed by atoms with Gasteiger partial charge in [-0.1, -0.05) is 18.2 Å². The molecule has 1 aliphatic heterocycles. The summed E-state index contributed by atoms with van der Waals surface area (Å²) >= 11 is 0. The monoisotopic (exact) mass is 410 g/mol. The summed E-state index contributed by atoms with van der Waals surface area (Å²) in [7, 11) is 0. The van der Waals surface area contributed by atoms with Gasteiger partial charge in [-0.2, -0.15) is 5.26 Å². The molecule has 3 rings (SSSR count). The van der Waals surface area contributed by atoms with E-state index in [0.29, 0.717) is 19.8 Å². The zero-order valence-electron chi connectivity index (χ0n) is 16.6. The molecule has 1 aromatic heterocycles. The maximum Gasteiger partial charge on any atom is 0.271 e. The number of nitrogens with one attached hydrogen (secondary N) is 1. The normalized spacial score (nSPS) is 14.7. The Bertz CT molecular complexity index is 1080. The van der Waals surface area contributed by atoms with E-state index in [1.54, 1.807) is 19.1 Å². The smallest absolute Gasteiger partial charge is 0.271 e. The lowest BCUT2D eigenvalue weighted by atomic mass is 10.1. The number of para-hydroxylation sites is 1. The SMILES string of the molecule is Cc1c(C=Nc2ccccc2C(=O)[O-])c(O)n(CC[NH+]2CCOCC2)c(=O)c1C#N. The molecule has 0 unspecified atom stereocenters. The first-order chi connectivity index (χ1) is 14.4. The van der Waals surface area contributed by atoms with Gasteiger partial charge in [0.2, 0.25) is 5.88 Å². The molecule has 2 aromatic rings. The van der Waals surface area contributed by atoms with Crippen LogP contribution in [0.5, 0.6) is 5.88 Å². The highest BCUT2D eigenvalue weighted by Crippen LogP contribution is 2.22. The van der Waals surface area contributed by atoms with E-state index < -0.39 is 11.5 Å². The average Bonchev–Trinajstić information content (AvgIpc) is 2.74. The summed E-state index contributed by atoms with van der Waals surface area (Å²) in [4.78, 5) is 29.4. The molecule has 1 fully saturated rings. The summed E-state index contributed by atoms with van der Waals surface area (Å²) in [5, 5.41) is 31.5. The zero-order valence-corrected chi connectivity index (χ0v) is 16.6. The van der Waals surface area contributed by atoms with Crippen molar-refractivity contribution in [2.45, 2.75) is 13.5 Å². The molecule has 9 nitrogen and oxygen atoms in total. The Labute approximate surface area is 173 Å². The third-order valence-corrected chi connectivity index (χ3v) is 5.19. The summed E-state index contributed by atoms with van der Waals surface area (Å²) in [5.41, 5.74) is -0.131. The minimum absolute atomic E-state index is 0.0839. The van der Waals surface area contributed by atoms with Crippen LogP contribution >= 0.6 is 0 Å². The van der Waals surface area contributed by atoms with Gasteiger partial charge in [-0.05, 0) is 18.6 Å². The standard InChI is InChI=1S/C21H22N4O5/c1-14-16(12-22)19(26)25(7-6-24-8-10-30-11-9-24)20(27)17(14)13-23-18-5-3-2-4-15(18)21(28)29/h2-5,13,27H,6-11H2,1H3,(H,28,29). The number of hydrogen-bond donors (Lipinski definition) is 2. The van der Waals surface area contributed by atoms with Crippen molar-refractivity contribution in [1.82, 2.24) is 4.57 Å². The number of quaternary nitrogens is 1. The number of hydrogen-bond acceptors (Lipinski definition) is 7. The van der Waals surface area contributed by atoms with Crippen molar-refractivity contribution in [1.29, 1.82) is 5.26 Å². The van der Waals surface area contributed by atoms with E-state index in [9.17, 15) is 25.1 Å². The third-order valence-electron chi connectivity index (χ3n) is 5.19. The number of nitriles is 1. The van der Waals surface area contributed by atoms with Crippen LogP contribution in [0.1, 0.15) is 27.0 Å². The number of carboxylic acids is 1. The Kier molecular flexibility index (Phi) is 6.61. The number of nitrogens with zero attached hydrogens (tertiary/aromatic N) is 3. The van der Waals surface area contributed by atoms with E-state index in [2.05, 4.69) is 4.99 Å². The number of carbonyl (C=O) groups is 1. The van der Waals surface area contributed by atoms with Crippen molar-refractivity contribution in [2.75, 3.05) is 32.8 Å². The second-order valence-corrected chi connectivity index (χ2v) is 6.98. The molecule has 0 atom stereocenters. The van der Waals surface area contributed by atoms with E-state index in [0.717, 1.165) is 13.1 Å². The summed E-state index contributed by atoms with van der Waals surface area (Å²) < 4.78 is 6.49. The predicted octanol–water partition coefficient (Wildman–Crippen LogP) is -1.24. The lowest BCUT2D eigenvalue weighted by Gasteiger charge is -2.24. The Morgan fingerprint density at radius 2 is 2.10 bits per heavy atom. The molecule has 0 spiro atoms. The maximum atomic E-state index is 12.7. The fraction of sp³-hybridized carbons (Fsp3) is 0.333. The summed E-state index contributed by atoms with van der Waals surface area (Å²) in [6.07, 6.45) is 1.27. The van der Waals surface area contributed by atoms with E-state index in [4.69, 9.17) is 4.74 Å². The number of aromatic carboxylic acids is 1. The van der Waals surface area contributed by atoms with Crippen LogP contribution in [0.15, 0.2) is 34.1 Å². The topological polar surface area (TPSA) is 132 Å². The van der Waals surface area contributed by atoms with Gasteiger partial charge in [-0.25, -0.2) is 0 Å². The molecule has 0 aliphatic carbocycles. The van der Waals surface area contributed by atoms with Crippen LogP contribution in [0.3, 0.4) is 0 Å².